The quantitative estimate of drug-likeness (QED) is 0.321. The van der Waals surface area contributed by atoms with E-state index in [1.807, 2.05) is 0 Å². The van der Waals surface area contributed by atoms with Gasteiger partial charge >= 0.3 is 0 Å². The summed E-state index contributed by atoms with van der Waals surface area (Å²) in [5, 5.41) is 3.33. The molecule has 0 saturated carbocycles. The molecule has 144 valence electrons. The van der Waals surface area contributed by atoms with Crippen molar-refractivity contribution in [2.45, 2.75) is 6.61 Å². The molecule has 1 aliphatic rings. The van der Waals surface area contributed by atoms with Crippen molar-refractivity contribution in [3.63, 3.8) is 0 Å². The Balaban J connectivity index is 1.72. The van der Waals surface area contributed by atoms with Crippen LogP contribution >= 0.6 is 35.4 Å². The van der Waals surface area contributed by atoms with Gasteiger partial charge in [0.1, 0.15) is 29.4 Å². The van der Waals surface area contributed by atoms with Crippen molar-refractivity contribution >= 4 is 58.4 Å². The molecule has 1 fully saturated rings. The number of thiocarbonyl (C=S) groups is 1. The molecule has 0 atom stereocenters. The summed E-state index contributed by atoms with van der Waals surface area (Å²) in [6.07, 6.45) is 2.88. The number of carbonyl (C=O) groups is 2. The van der Waals surface area contributed by atoms with Gasteiger partial charge < -0.3 is 9.15 Å². The summed E-state index contributed by atoms with van der Waals surface area (Å²) < 4.78 is 11.2. The minimum atomic E-state index is -0.583. The first-order valence-electron chi connectivity index (χ1n) is 8.05. The minimum absolute atomic E-state index is 0.0437. The molecule has 2 heterocycles. The van der Waals surface area contributed by atoms with Gasteiger partial charge in [0.25, 0.3) is 11.8 Å². The van der Waals surface area contributed by atoms with Crippen LogP contribution in [0.1, 0.15) is 11.5 Å². The highest BCUT2D eigenvalue weighted by Gasteiger charge is 2.32. The van der Waals surface area contributed by atoms with Crippen molar-refractivity contribution in [3.05, 3.63) is 70.1 Å². The second-order valence-corrected chi connectivity index (χ2v) is 6.89. The highest BCUT2D eigenvalue weighted by molar-refractivity contribution is 7.80. The minimum Gasteiger partial charge on any atom is -0.486 e. The smallest absolute Gasteiger partial charge is 0.266 e. The van der Waals surface area contributed by atoms with Gasteiger partial charge in [-0.2, -0.15) is 0 Å². The van der Waals surface area contributed by atoms with E-state index < -0.39 is 11.8 Å². The Kier molecular flexibility index (Phi) is 6.18. The van der Waals surface area contributed by atoms with E-state index in [0.29, 0.717) is 27.3 Å². The monoisotopic (exact) mass is 436 g/mol. The Morgan fingerprint density at radius 1 is 1.21 bits per heavy atom. The van der Waals surface area contributed by atoms with Crippen LogP contribution in [-0.4, -0.2) is 28.4 Å². The normalized spacial score (nSPS) is 15.7. The maximum atomic E-state index is 12.5. The molecule has 2 aromatic rings. The lowest BCUT2D eigenvalue weighted by Gasteiger charge is -2.27. The molecule has 0 unspecified atom stereocenters. The van der Waals surface area contributed by atoms with E-state index in [9.17, 15) is 9.59 Å². The first-order chi connectivity index (χ1) is 13.4. The maximum Gasteiger partial charge on any atom is 0.266 e. The number of ether oxygens (including phenoxy) is 1. The Morgan fingerprint density at radius 2 is 2.00 bits per heavy atom. The van der Waals surface area contributed by atoms with Gasteiger partial charge in [0, 0.05) is 12.6 Å². The topological polar surface area (TPSA) is 71.8 Å². The van der Waals surface area contributed by atoms with Gasteiger partial charge in [-0.1, -0.05) is 29.3 Å². The predicted molar refractivity (Wildman–Crippen MR) is 110 cm³/mol. The predicted octanol–water partition coefficient (Wildman–Crippen LogP) is 3.98. The summed E-state index contributed by atoms with van der Waals surface area (Å²) in [5.41, 5.74) is -0.0817. The number of furan rings is 1. The van der Waals surface area contributed by atoms with Crippen molar-refractivity contribution in [1.29, 1.82) is 0 Å². The van der Waals surface area contributed by atoms with Gasteiger partial charge in [-0.15, -0.1) is 6.58 Å². The molecule has 1 saturated heterocycles. The largest absolute Gasteiger partial charge is 0.486 e. The van der Waals surface area contributed by atoms with Crippen LogP contribution in [-0.2, 0) is 16.2 Å². The van der Waals surface area contributed by atoms with Gasteiger partial charge in [0.15, 0.2) is 5.11 Å². The molecule has 0 aliphatic carbocycles. The molecule has 3 rings (SSSR count). The molecular formula is C19H14Cl2N2O4S. The van der Waals surface area contributed by atoms with Crippen LogP contribution in [0, 0.1) is 0 Å². The molecule has 6 nitrogen and oxygen atoms in total. The van der Waals surface area contributed by atoms with E-state index in [2.05, 4.69) is 11.9 Å². The van der Waals surface area contributed by atoms with Gasteiger partial charge in [-0.3, -0.25) is 19.8 Å². The van der Waals surface area contributed by atoms with Gasteiger partial charge in [-0.25, -0.2) is 0 Å². The maximum absolute atomic E-state index is 12.5. The van der Waals surface area contributed by atoms with Gasteiger partial charge in [0.05, 0.1) is 10.0 Å². The zero-order valence-corrected chi connectivity index (χ0v) is 16.7. The molecule has 1 aromatic carbocycles. The third-order valence-electron chi connectivity index (χ3n) is 3.74. The summed E-state index contributed by atoms with van der Waals surface area (Å²) >= 11 is 16.8. The van der Waals surface area contributed by atoms with E-state index >= 15 is 0 Å². The number of rotatable bonds is 6. The third-order valence-corrected chi connectivity index (χ3v) is 4.80. The second kappa shape index (κ2) is 8.60. The lowest BCUT2D eigenvalue weighted by Crippen LogP contribution is -2.53. The van der Waals surface area contributed by atoms with Crippen molar-refractivity contribution in [3.8, 4) is 5.75 Å². The zero-order valence-electron chi connectivity index (χ0n) is 14.4. The number of nitrogens with zero attached hydrogens (tertiary/aromatic N) is 1. The Bertz CT molecular complexity index is 1000. The zero-order chi connectivity index (χ0) is 20.3. The Hall–Kier alpha value is -2.61. The van der Waals surface area contributed by atoms with Crippen LogP contribution in [0.2, 0.25) is 10.0 Å². The van der Waals surface area contributed by atoms with E-state index in [1.54, 1.807) is 30.3 Å². The summed E-state index contributed by atoms with van der Waals surface area (Å²) in [5.74, 6) is 0.262. The molecule has 0 spiro atoms. The molecule has 1 aliphatic heterocycles. The van der Waals surface area contributed by atoms with Crippen LogP contribution in [0.3, 0.4) is 0 Å². The first-order valence-corrected chi connectivity index (χ1v) is 9.22. The lowest BCUT2D eigenvalue weighted by atomic mass is 10.1. The lowest BCUT2D eigenvalue weighted by molar-refractivity contribution is -0.128. The fourth-order valence-electron chi connectivity index (χ4n) is 2.40. The number of hydrogen-bond donors (Lipinski definition) is 1. The number of amides is 2. The Labute approximate surface area is 176 Å². The molecule has 0 radical (unpaired) electrons. The van der Waals surface area contributed by atoms with Crippen LogP contribution in [0.4, 0.5) is 0 Å². The Morgan fingerprint density at radius 3 is 2.71 bits per heavy atom. The number of hydrogen-bond acceptors (Lipinski definition) is 5. The van der Waals surface area contributed by atoms with Crippen LogP contribution < -0.4 is 10.1 Å². The molecule has 28 heavy (non-hydrogen) atoms. The molecule has 1 N–H and O–H groups in total. The SMILES string of the molecule is C=CCN1C(=O)C(=Cc2ccc(COc3ccc(Cl)c(Cl)c3)o2)C(=O)NC1=S. The van der Waals surface area contributed by atoms with Crippen LogP contribution in [0.5, 0.6) is 5.75 Å². The molecule has 0 bridgehead atoms. The number of nitrogens with one attached hydrogen (secondary N) is 1. The number of carbonyl (C=O) groups excluding carboxylic acids is 2. The fourth-order valence-corrected chi connectivity index (χ4v) is 2.94. The van der Waals surface area contributed by atoms with Gasteiger partial charge in [-0.05, 0) is 42.6 Å². The summed E-state index contributed by atoms with van der Waals surface area (Å²) in [6.45, 7) is 3.90. The van der Waals surface area contributed by atoms with E-state index in [1.165, 1.54) is 17.1 Å². The summed E-state index contributed by atoms with van der Waals surface area (Å²) in [4.78, 5) is 25.8. The van der Waals surface area contributed by atoms with Gasteiger partial charge in [0.2, 0.25) is 0 Å². The average Bonchev–Trinajstić information content (AvgIpc) is 3.11. The van der Waals surface area contributed by atoms with Crippen molar-refractivity contribution in [2.24, 2.45) is 0 Å². The van der Waals surface area contributed by atoms with E-state index in [-0.39, 0.29) is 23.8 Å². The standard InChI is InChI=1S/C19H14Cl2N2O4S/c1-2-7-23-18(25)14(17(24)22-19(23)28)8-12-3-4-13(27-12)10-26-11-5-6-15(20)16(21)9-11/h2-6,8-9H,1,7,10H2,(H,22,24,28). The average molecular weight is 437 g/mol. The van der Waals surface area contributed by atoms with Crippen molar-refractivity contribution in [2.75, 3.05) is 6.54 Å². The van der Waals surface area contributed by atoms with Crippen molar-refractivity contribution < 1.29 is 18.7 Å². The summed E-state index contributed by atoms with van der Waals surface area (Å²) in [6, 6.07) is 8.22. The summed E-state index contributed by atoms with van der Waals surface area (Å²) in [7, 11) is 0. The number of halogens is 2. The molecule has 2 amide bonds. The van der Waals surface area contributed by atoms with Crippen LogP contribution in [0.25, 0.3) is 6.08 Å². The first kappa shape index (κ1) is 20.1. The molecule has 1 aromatic heterocycles. The second-order valence-electron chi connectivity index (χ2n) is 5.69. The van der Waals surface area contributed by atoms with Crippen molar-refractivity contribution in [1.82, 2.24) is 10.2 Å². The highest BCUT2D eigenvalue weighted by Crippen LogP contribution is 2.27. The fraction of sp³-hybridized carbons (Fsp3) is 0.105. The van der Waals surface area contributed by atoms with Crippen LogP contribution in [0.15, 0.2) is 53.0 Å². The van der Waals surface area contributed by atoms with E-state index in [4.69, 9.17) is 44.6 Å². The number of benzene rings is 1. The third kappa shape index (κ3) is 4.44. The molecule has 9 heteroatoms. The molecular weight excluding hydrogens is 423 g/mol. The highest BCUT2D eigenvalue weighted by atomic mass is 35.5. The van der Waals surface area contributed by atoms with E-state index in [0.717, 1.165) is 0 Å².